The standard InChI is InChI=1S/C12H7BrCl2N2S/c13-9-5-11(18-12(9)15)10(6-16)17-8-3-1-2-7(14)4-8/h1-5,10,17H. The van der Waals surface area contributed by atoms with Gasteiger partial charge in [0.15, 0.2) is 0 Å². The second-order valence-corrected chi connectivity index (χ2v) is 6.46. The number of hydrogen-bond donors (Lipinski definition) is 1. The van der Waals surface area contributed by atoms with Gasteiger partial charge in [-0.25, -0.2) is 0 Å². The first-order valence-electron chi connectivity index (χ1n) is 4.96. The van der Waals surface area contributed by atoms with Crippen LogP contribution in [0.3, 0.4) is 0 Å². The molecule has 0 bridgehead atoms. The van der Waals surface area contributed by atoms with Gasteiger partial charge in [-0.15, -0.1) is 11.3 Å². The van der Waals surface area contributed by atoms with E-state index in [0.29, 0.717) is 9.36 Å². The van der Waals surface area contributed by atoms with Crippen molar-refractivity contribution in [1.29, 1.82) is 5.26 Å². The summed E-state index contributed by atoms with van der Waals surface area (Å²) in [6.07, 6.45) is 0. The third kappa shape index (κ3) is 3.18. The highest BCUT2D eigenvalue weighted by molar-refractivity contribution is 9.10. The van der Waals surface area contributed by atoms with Gasteiger partial charge in [-0.1, -0.05) is 29.3 Å². The Morgan fingerprint density at radius 1 is 1.33 bits per heavy atom. The first kappa shape index (κ1) is 13.7. The summed E-state index contributed by atoms with van der Waals surface area (Å²) in [7, 11) is 0. The number of nitriles is 1. The van der Waals surface area contributed by atoms with Crippen LogP contribution in [0.4, 0.5) is 5.69 Å². The molecule has 0 aliphatic rings. The lowest BCUT2D eigenvalue weighted by Gasteiger charge is -2.11. The van der Waals surface area contributed by atoms with Gasteiger partial charge in [0.05, 0.1) is 6.07 Å². The number of halogens is 3. The third-order valence-corrected chi connectivity index (χ3v) is 4.99. The molecule has 0 fully saturated rings. The number of nitrogens with one attached hydrogen (secondary N) is 1. The van der Waals surface area contributed by atoms with Crippen LogP contribution in [-0.2, 0) is 0 Å². The van der Waals surface area contributed by atoms with Gasteiger partial charge in [0.25, 0.3) is 0 Å². The molecule has 1 atom stereocenters. The summed E-state index contributed by atoms with van der Waals surface area (Å²) in [5.74, 6) is 0. The third-order valence-electron chi connectivity index (χ3n) is 2.21. The molecule has 18 heavy (non-hydrogen) atoms. The molecule has 1 aromatic carbocycles. The van der Waals surface area contributed by atoms with Gasteiger partial charge in [0, 0.05) is 20.1 Å². The highest BCUT2D eigenvalue weighted by Crippen LogP contribution is 2.36. The van der Waals surface area contributed by atoms with Crippen LogP contribution in [0.15, 0.2) is 34.8 Å². The first-order chi connectivity index (χ1) is 8.60. The molecule has 0 aliphatic carbocycles. The van der Waals surface area contributed by atoms with E-state index in [0.717, 1.165) is 15.0 Å². The maximum Gasteiger partial charge on any atom is 0.149 e. The Morgan fingerprint density at radius 3 is 2.67 bits per heavy atom. The SMILES string of the molecule is N#CC(Nc1cccc(Cl)c1)c1cc(Br)c(Cl)s1. The van der Waals surface area contributed by atoms with E-state index in [4.69, 9.17) is 23.2 Å². The minimum absolute atomic E-state index is 0.447. The van der Waals surface area contributed by atoms with Crippen molar-refractivity contribution in [2.45, 2.75) is 6.04 Å². The van der Waals surface area contributed by atoms with Crippen molar-refractivity contribution in [2.75, 3.05) is 5.32 Å². The van der Waals surface area contributed by atoms with Crippen molar-refractivity contribution in [1.82, 2.24) is 0 Å². The van der Waals surface area contributed by atoms with Gasteiger partial charge in [0.1, 0.15) is 10.4 Å². The molecule has 2 rings (SSSR count). The molecule has 0 amide bonds. The van der Waals surface area contributed by atoms with E-state index in [9.17, 15) is 5.26 Å². The van der Waals surface area contributed by atoms with E-state index in [1.807, 2.05) is 18.2 Å². The van der Waals surface area contributed by atoms with Crippen molar-refractivity contribution in [3.8, 4) is 6.07 Å². The largest absolute Gasteiger partial charge is 0.365 e. The van der Waals surface area contributed by atoms with Gasteiger partial charge in [0.2, 0.25) is 0 Å². The number of thiophene rings is 1. The van der Waals surface area contributed by atoms with E-state index in [-0.39, 0.29) is 0 Å². The van der Waals surface area contributed by atoms with E-state index < -0.39 is 6.04 Å². The molecule has 1 heterocycles. The molecular formula is C12H7BrCl2N2S. The molecule has 0 spiro atoms. The van der Waals surface area contributed by atoms with Crippen molar-refractivity contribution in [3.05, 3.63) is 49.0 Å². The topological polar surface area (TPSA) is 35.8 Å². The van der Waals surface area contributed by atoms with Crippen molar-refractivity contribution < 1.29 is 0 Å². The zero-order valence-electron chi connectivity index (χ0n) is 8.95. The lowest BCUT2D eigenvalue weighted by atomic mass is 10.2. The smallest absolute Gasteiger partial charge is 0.149 e. The summed E-state index contributed by atoms with van der Waals surface area (Å²) in [4.78, 5) is 0.856. The molecule has 1 unspecified atom stereocenters. The molecule has 1 N–H and O–H groups in total. The van der Waals surface area contributed by atoms with Gasteiger partial charge >= 0.3 is 0 Å². The highest BCUT2D eigenvalue weighted by atomic mass is 79.9. The molecule has 2 nitrogen and oxygen atoms in total. The van der Waals surface area contributed by atoms with Gasteiger partial charge in [-0.3, -0.25) is 0 Å². The Morgan fingerprint density at radius 2 is 2.11 bits per heavy atom. The zero-order valence-corrected chi connectivity index (χ0v) is 12.9. The minimum Gasteiger partial charge on any atom is -0.365 e. The Balaban J connectivity index is 2.23. The predicted octanol–water partition coefficient (Wildman–Crippen LogP) is 5.49. The summed E-state index contributed by atoms with van der Waals surface area (Å²) in [5, 5.41) is 13.0. The number of rotatable bonds is 3. The van der Waals surface area contributed by atoms with E-state index in [1.165, 1.54) is 11.3 Å². The summed E-state index contributed by atoms with van der Waals surface area (Å²) in [6, 6.07) is 10.9. The molecule has 0 saturated heterocycles. The lowest BCUT2D eigenvalue weighted by Crippen LogP contribution is -2.06. The van der Waals surface area contributed by atoms with Crippen LogP contribution in [0.5, 0.6) is 0 Å². The van der Waals surface area contributed by atoms with Crippen molar-refractivity contribution in [2.24, 2.45) is 0 Å². The fourth-order valence-corrected chi connectivity index (χ4v) is 3.34. The van der Waals surface area contributed by atoms with Crippen LogP contribution in [-0.4, -0.2) is 0 Å². The Bertz CT molecular complexity index is 587. The van der Waals surface area contributed by atoms with Crippen LogP contribution >= 0.6 is 50.5 Å². The van der Waals surface area contributed by atoms with Crippen molar-refractivity contribution >= 4 is 56.2 Å². The Labute approximate surface area is 127 Å². The summed E-state index contributed by atoms with van der Waals surface area (Å²) < 4.78 is 1.44. The average Bonchev–Trinajstić information content (AvgIpc) is 2.66. The van der Waals surface area contributed by atoms with Gasteiger partial charge < -0.3 is 5.32 Å². The molecular weight excluding hydrogens is 355 g/mol. The van der Waals surface area contributed by atoms with Crippen molar-refractivity contribution in [3.63, 3.8) is 0 Å². The second kappa shape index (κ2) is 5.94. The maximum absolute atomic E-state index is 9.21. The fourth-order valence-electron chi connectivity index (χ4n) is 1.42. The van der Waals surface area contributed by atoms with Gasteiger partial charge in [-0.05, 0) is 40.2 Å². The molecule has 92 valence electrons. The number of benzene rings is 1. The van der Waals surface area contributed by atoms with Gasteiger partial charge in [-0.2, -0.15) is 5.26 Å². The second-order valence-electron chi connectivity index (χ2n) is 3.49. The molecule has 6 heteroatoms. The lowest BCUT2D eigenvalue weighted by molar-refractivity contribution is 1.03. The van der Waals surface area contributed by atoms with Crippen LogP contribution in [0.25, 0.3) is 0 Å². The number of hydrogen-bond acceptors (Lipinski definition) is 3. The first-order valence-corrected chi connectivity index (χ1v) is 7.33. The summed E-state index contributed by atoms with van der Waals surface area (Å²) in [6.45, 7) is 0. The minimum atomic E-state index is -0.447. The van der Waals surface area contributed by atoms with Crippen LogP contribution in [0, 0.1) is 11.3 Å². The average molecular weight is 362 g/mol. The predicted molar refractivity (Wildman–Crippen MR) is 80.5 cm³/mol. The van der Waals surface area contributed by atoms with Crippen LogP contribution < -0.4 is 5.32 Å². The summed E-state index contributed by atoms with van der Waals surface area (Å²) >= 11 is 16.6. The summed E-state index contributed by atoms with van der Waals surface area (Å²) in [5.41, 5.74) is 0.801. The molecule has 0 radical (unpaired) electrons. The number of nitrogens with zero attached hydrogens (tertiary/aromatic N) is 1. The highest BCUT2D eigenvalue weighted by Gasteiger charge is 2.15. The van der Waals surface area contributed by atoms with Crippen LogP contribution in [0.2, 0.25) is 9.36 Å². The molecule has 1 aromatic heterocycles. The monoisotopic (exact) mass is 360 g/mol. The molecule has 0 saturated carbocycles. The molecule has 0 aliphatic heterocycles. The Kier molecular flexibility index (Phi) is 4.52. The maximum atomic E-state index is 9.21. The van der Waals surface area contributed by atoms with E-state index in [2.05, 4.69) is 27.3 Å². The zero-order chi connectivity index (χ0) is 13.1. The van der Waals surface area contributed by atoms with E-state index >= 15 is 0 Å². The Hall–Kier alpha value is -0.730. The normalized spacial score (nSPS) is 11.9. The number of anilines is 1. The quantitative estimate of drug-likeness (QED) is 0.783. The fraction of sp³-hybridized carbons (Fsp3) is 0.0833. The van der Waals surface area contributed by atoms with E-state index in [1.54, 1.807) is 12.1 Å². The van der Waals surface area contributed by atoms with Crippen LogP contribution in [0.1, 0.15) is 10.9 Å². The molecule has 2 aromatic rings.